The summed E-state index contributed by atoms with van der Waals surface area (Å²) < 4.78 is 24.4. The monoisotopic (exact) mass is 253 g/mol. The van der Waals surface area contributed by atoms with Crippen LogP contribution >= 0.6 is 12.2 Å². The van der Waals surface area contributed by atoms with Gasteiger partial charge in [-0.2, -0.15) is 0 Å². The first-order valence-electron chi connectivity index (χ1n) is 4.63. The van der Waals surface area contributed by atoms with Crippen molar-refractivity contribution in [3.63, 3.8) is 0 Å². The highest BCUT2D eigenvalue weighted by Crippen LogP contribution is 1.99. The Labute approximate surface area is 97.3 Å². The van der Waals surface area contributed by atoms with Crippen LogP contribution in [0.4, 0.5) is 0 Å². The minimum atomic E-state index is -3.31. The molecule has 0 bridgehead atoms. The first-order valence-corrected chi connectivity index (χ1v) is 6.64. The number of hydrogen-bond donors (Lipinski definition) is 1. The Bertz CT molecular complexity index is 301. The van der Waals surface area contributed by atoms with Crippen molar-refractivity contribution in [2.45, 2.75) is 6.42 Å². The van der Waals surface area contributed by atoms with Gasteiger partial charge in [0.15, 0.2) is 0 Å². The Hall–Kier alpha value is -0.240. The van der Waals surface area contributed by atoms with Crippen molar-refractivity contribution in [2.24, 2.45) is 5.73 Å². The highest BCUT2D eigenvalue weighted by atomic mass is 32.2. The van der Waals surface area contributed by atoms with E-state index in [1.54, 1.807) is 7.05 Å². The third-order valence-corrected chi connectivity index (χ3v) is 4.01. The smallest absolute Gasteiger partial charge is 0.220 e. The summed E-state index contributed by atoms with van der Waals surface area (Å²) in [6.45, 7) is 1.34. The van der Waals surface area contributed by atoms with Gasteiger partial charge >= 0.3 is 0 Å². The summed E-state index contributed by atoms with van der Waals surface area (Å²) in [4.78, 5) is 2.02. The zero-order chi connectivity index (χ0) is 12.1. The molecular weight excluding hydrogens is 234 g/mol. The van der Waals surface area contributed by atoms with E-state index >= 15 is 0 Å². The van der Waals surface area contributed by atoms with Crippen molar-refractivity contribution >= 4 is 27.2 Å². The van der Waals surface area contributed by atoms with Crippen LogP contribution in [-0.2, 0) is 10.0 Å². The summed E-state index contributed by atoms with van der Waals surface area (Å²) >= 11 is 4.58. The molecule has 0 spiro atoms. The van der Waals surface area contributed by atoms with E-state index in [1.165, 1.54) is 4.31 Å². The Balaban J connectivity index is 4.08. The van der Waals surface area contributed by atoms with Gasteiger partial charge in [-0.1, -0.05) is 12.2 Å². The maximum atomic E-state index is 11.6. The summed E-state index contributed by atoms with van der Waals surface area (Å²) in [5.74, 6) is -0.249. The van der Waals surface area contributed by atoms with Crippen molar-refractivity contribution in [2.75, 3.05) is 40.0 Å². The van der Waals surface area contributed by atoms with Crippen LogP contribution in [0.15, 0.2) is 0 Å². The van der Waals surface area contributed by atoms with E-state index in [4.69, 9.17) is 5.73 Å². The molecule has 2 N–H and O–H groups in total. The van der Waals surface area contributed by atoms with E-state index < -0.39 is 10.0 Å². The van der Waals surface area contributed by atoms with Gasteiger partial charge in [0.1, 0.15) is 5.75 Å². The Morgan fingerprint density at radius 1 is 1.27 bits per heavy atom. The minimum absolute atomic E-state index is 0.00876. The van der Waals surface area contributed by atoms with Gasteiger partial charge in [0.2, 0.25) is 10.0 Å². The SMILES string of the molecule is CN(C)CCCN(C)S(=O)(=O)CC(N)=S. The van der Waals surface area contributed by atoms with Gasteiger partial charge in [0.25, 0.3) is 0 Å². The third kappa shape index (κ3) is 6.77. The first-order chi connectivity index (χ1) is 6.75. The summed E-state index contributed by atoms with van der Waals surface area (Å²) in [6.07, 6.45) is 0.792. The quantitative estimate of drug-likeness (QED) is 0.619. The van der Waals surface area contributed by atoms with Crippen LogP contribution < -0.4 is 5.73 Å². The highest BCUT2D eigenvalue weighted by molar-refractivity contribution is 7.92. The lowest BCUT2D eigenvalue weighted by atomic mass is 10.4. The molecule has 0 aliphatic heterocycles. The van der Waals surface area contributed by atoms with E-state index in [2.05, 4.69) is 12.2 Å². The molecule has 0 radical (unpaired) electrons. The fourth-order valence-corrected chi connectivity index (χ4v) is 2.47. The second-order valence-corrected chi connectivity index (χ2v) is 6.30. The standard InChI is InChI=1S/C8H19N3O2S2/c1-10(2)5-4-6-11(3)15(12,13)7-8(9)14/h4-7H2,1-3H3,(H2,9,14). The van der Waals surface area contributed by atoms with Crippen LogP contribution in [0, 0.1) is 0 Å². The molecular formula is C8H19N3O2S2. The second kappa shape index (κ2) is 6.37. The highest BCUT2D eigenvalue weighted by Gasteiger charge is 2.18. The predicted molar refractivity (Wildman–Crippen MR) is 66.4 cm³/mol. The Morgan fingerprint density at radius 2 is 1.80 bits per heavy atom. The van der Waals surface area contributed by atoms with Gasteiger partial charge in [0.05, 0.1) is 4.99 Å². The van der Waals surface area contributed by atoms with E-state index in [9.17, 15) is 8.42 Å². The summed E-state index contributed by atoms with van der Waals surface area (Å²) in [6, 6.07) is 0. The lowest BCUT2D eigenvalue weighted by Gasteiger charge is -2.17. The van der Waals surface area contributed by atoms with Gasteiger partial charge < -0.3 is 10.6 Å². The average Bonchev–Trinajstić information content (AvgIpc) is 2.00. The largest absolute Gasteiger partial charge is 0.392 e. The molecule has 90 valence electrons. The fourth-order valence-electron chi connectivity index (χ4n) is 1.04. The lowest BCUT2D eigenvalue weighted by Crippen LogP contribution is -2.35. The van der Waals surface area contributed by atoms with Crippen LogP contribution in [0.2, 0.25) is 0 Å². The number of rotatable bonds is 7. The zero-order valence-corrected chi connectivity index (χ0v) is 11.1. The van der Waals surface area contributed by atoms with E-state index in [-0.39, 0.29) is 10.7 Å². The lowest BCUT2D eigenvalue weighted by molar-refractivity contribution is 0.371. The van der Waals surface area contributed by atoms with Gasteiger partial charge in [-0.25, -0.2) is 12.7 Å². The molecule has 0 saturated heterocycles. The number of nitrogens with two attached hydrogens (primary N) is 1. The maximum Gasteiger partial charge on any atom is 0.220 e. The molecule has 7 heteroatoms. The van der Waals surface area contributed by atoms with Crippen molar-refractivity contribution < 1.29 is 8.42 Å². The van der Waals surface area contributed by atoms with Crippen LogP contribution in [0.1, 0.15) is 6.42 Å². The van der Waals surface area contributed by atoms with E-state index in [1.807, 2.05) is 19.0 Å². The molecule has 0 amide bonds. The van der Waals surface area contributed by atoms with Crippen molar-refractivity contribution in [1.82, 2.24) is 9.21 Å². The van der Waals surface area contributed by atoms with Crippen molar-refractivity contribution in [3.8, 4) is 0 Å². The van der Waals surface area contributed by atoms with E-state index in [0.717, 1.165) is 13.0 Å². The fraction of sp³-hybridized carbons (Fsp3) is 0.875. The molecule has 0 aliphatic rings. The molecule has 0 aliphatic carbocycles. The van der Waals surface area contributed by atoms with Gasteiger partial charge in [-0.05, 0) is 27.1 Å². The number of hydrogen-bond acceptors (Lipinski definition) is 4. The van der Waals surface area contributed by atoms with E-state index in [0.29, 0.717) is 6.54 Å². The molecule has 0 unspecified atom stereocenters. The summed E-state index contributed by atoms with van der Waals surface area (Å²) in [5, 5.41) is 0. The molecule has 15 heavy (non-hydrogen) atoms. The molecule has 0 saturated carbocycles. The average molecular weight is 253 g/mol. The van der Waals surface area contributed by atoms with Crippen LogP contribution in [0.3, 0.4) is 0 Å². The molecule has 0 aromatic rings. The molecule has 0 rings (SSSR count). The number of nitrogens with zero attached hydrogens (tertiary/aromatic N) is 2. The topological polar surface area (TPSA) is 66.6 Å². The molecule has 0 fully saturated rings. The zero-order valence-electron chi connectivity index (χ0n) is 9.43. The Kier molecular flexibility index (Phi) is 6.26. The first kappa shape index (κ1) is 14.8. The molecule has 0 atom stereocenters. The molecule has 0 heterocycles. The number of thiocarbonyl (C=S) groups is 1. The van der Waals surface area contributed by atoms with Crippen molar-refractivity contribution in [1.29, 1.82) is 0 Å². The maximum absolute atomic E-state index is 11.6. The van der Waals surface area contributed by atoms with Crippen LogP contribution in [0.25, 0.3) is 0 Å². The normalized spacial score (nSPS) is 12.3. The van der Waals surface area contributed by atoms with Gasteiger partial charge in [-0.15, -0.1) is 0 Å². The Morgan fingerprint density at radius 3 is 2.20 bits per heavy atom. The third-order valence-electron chi connectivity index (χ3n) is 1.88. The summed E-state index contributed by atoms with van der Waals surface area (Å²) in [5.41, 5.74) is 5.21. The molecule has 5 nitrogen and oxygen atoms in total. The molecule has 0 aromatic heterocycles. The molecule has 0 aromatic carbocycles. The van der Waals surface area contributed by atoms with Crippen LogP contribution in [-0.4, -0.2) is 62.6 Å². The second-order valence-electron chi connectivity index (χ2n) is 3.70. The minimum Gasteiger partial charge on any atom is -0.392 e. The summed E-state index contributed by atoms with van der Waals surface area (Å²) in [7, 11) is 2.13. The predicted octanol–water partition coefficient (Wildman–Crippen LogP) is -0.514. The van der Waals surface area contributed by atoms with Crippen molar-refractivity contribution in [3.05, 3.63) is 0 Å². The van der Waals surface area contributed by atoms with Crippen LogP contribution in [0.5, 0.6) is 0 Å². The van der Waals surface area contributed by atoms with Gasteiger partial charge in [-0.3, -0.25) is 0 Å². The number of sulfonamides is 1. The van der Waals surface area contributed by atoms with Gasteiger partial charge in [0, 0.05) is 13.6 Å².